The molecule has 0 spiro atoms. The van der Waals surface area contributed by atoms with E-state index in [9.17, 15) is 4.79 Å². The molecule has 22 heavy (non-hydrogen) atoms. The molecule has 4 heteroatoms. The standard InChI is InChI=1S/C18H17Cl2NO/c1-12-5-10-15(16(20)11-12)17-3-2-4-18(22)21(17)14-8-6-13(19)7-9-14/h5-11,17H,2-4H2,1H3. The third kappa shape index (κ3) is 2.99. The van der Waals surface area contributed by atoms with Crippen molar-refractivity contribution in [1.29, 1.82) is 0 Å². The Morgan fingerprint density at radius 1 is 1.09 bits per heavy atom. The van der Waals surface area contributed by atoms with E-state index in [1.807, 2.05) is 54.3 Å². The zero-order valence-corrected chi connectivity index (χ0v) is 13.9. The van der Waals surface area contributed by atoms with Crippen molar-refractivity contribution in [1.82, 2.24) is 0 Å². The van der Waals surface area contributed by atoms with Gasteiger partial charge in [-0.05, 0) is 61.2 Å². The monoisotopic (exact) mass is 333 g/mol. The van der Waals surface area contributed by atoms with E-state index in [0.717, 1.165) is 34.7 Å². The summed E-state index contributed by atoms with van der Waals surface area (Å²) >= 11 is 12.4. The van der Waals surface area contributed by atoms with Gasteiger partial charge in [-0.25, -0.2) is 0 Å². The number of benzene rings is 2. The zero-order valence-electron chi connectivity index (χ0n) is 12.4. The predicted octanol–water partition coefficient (Wildman–Crippen LogP) is 5.56. The summed E-state index contributed by atoms with van der Waals surface area (Å²) in [5.41, 5.74) is 3.00. The van der Waals surface area contributed by atoms with Gasteiger partial charge in [-0.3, -0.25) is 4.79 Å². The van der Waals surface area contributed by atoms with Gasteiger partial charge >= 0.3 is 0 Å². The van der Waals surface area contributed by atoms with Crippen molar-refractivity contribution in [2.24, 2.45) is 0 Å². The van der Waals surface area contributed by atoms with Crippen molar-refractivity contribution in [2.45, 2.75) is 32.2 Å². The summed E-state index contributed by atoms with van der Waals surface area (Å²) in [7, 11) is 0. The number of amides is 1. The molecule has 0 N–H and O–H groups in total. The molecule has 1 heterocycles. The van der Waals surface area contributed by atoms with Crippen LogP contribution < -0.4 is 4.90 Å². The molecule has 2 aromatic rings. The van der Waals surface area contributed by atoms with E-state index in [4.69, 9.17) is 23.2 Å². The van der Waals surface area contributed by atoms with Crippen molar-refractivity contribution in [2.75, 3.05) is 4.90 Å². The number of aryl methyl sites for hydroxylation is 1. The van der Waals surface area contributed by atoms with Gasteiger partial charge in [0.15, 0.2) is 0 Å². The largest absolute Gasteiger partial charge is 0.305 e. The maximum absolute atomic E-state index is 12.5. The third-order valence-corrected chi connectivity index (χ3v) is 4.65. The zero-order chi connectivity index (χ0) is 15.7. The summed E-state index contributed by atoms with van der Waals surface area (Å²) in [4.78, 5) is 14.3. The number of rotatable bonds is 2. The second-order valence-electron chi connectivity index (χ2n) is 5.67. The molecule has 1 atom stereocenters. The first kappa shape index (κ1) is 15.4. The van der Waals surface area contributed by atoms with Gasteiger partial charge in [-0.1, -0.05) is 35.3 Å². The topological polar surface area (TPSA) is 20.3 Å². The number of carbonyl (C=O) groups excluding carboxylic acids is 1. The second kappa shape index (κ2) is 6.31. The van der Waals surface area contributed by atoms with Crippen LogP contribution in [0.4, 0.5) is 5.69 Å². The number of anilines is 1. The summed E-state index contributed by atoms with van der Waals surface area (Å²) in [6, 6.07) is 13.4. The molecular formula is C18H17Cl2NO. The Kier molecular flexibility index (Phi) is 4.42. The molecule has 2 nitrogen and oxygen atoms in total. The van der Waals surface area contributed by atoms with Crippen molar-refractivity contribution in [3.8, 4) is 0 Å². The van der Waals surface area contributed by atoms with E-state index in [-0.39, 0.29) is 11.9 Å². The Bertz CT molecular complexity index is 697. The smallest absolute Gasteiger partial charge is 0.227 e. The molecule has 1 aliphatic heterocycles. The van der Waals surface area contributed by atoms with Crippen molar-refractivity contribution >= 4 is 34.8 Å². The molecular weight excluding hydrogens is 317 g/mol. The Hall–Kier alpha value is -1.51. The average Bonchev–Trinajstić information content (AvgIpc) is 2.48. The van der Waals surface area contributed by atoms with Gasteiger partial charge in [0.25, 0.3) is 0 Å². The minimum Gasteiger partial charge on any atom is -0.305 e. The van der Waals surface area contributed by atoms with Crippen molar-refractivity contribution in [3.63, 3.8) is 0 Å². The molecule has 0 aromatic heterocycles. The van der Waals surface area contributed by atoms with E-state index >= 15 is 0 Å². The second-order valence-corrected chi connectivity index (χ2v) is 6.52. The highest BCUT2D eigenvalue weighted by Gasteiger charge is 2.31. The first-order valence-electron chi connectivity index (χ1n) is 7.40. The SMILES string of the molecule is Cc1ccc(C2CCCC(=O)N2c2ccc(Cl)cc2)c(Cl)c1. The lowest BCUT2D eigenvalue weighted by atomic mass is 9.93. The van der Waals surface area contributed by atoms with Crippen LogP contribution in [0.15, 0.2) is 42.5 Å². The first-order chi connectivity index (χ1) is 10.6. The summed E-state index contributed by atoms with van der Waals surface area (Å²) < 4.78 is 0. The summed E-state index contributed by atoms with van der Waals surface area (Å²) in [6.45, 7) is 2.01. The van der Waals surface area contributed by atoms with Gasteiger partial charge in [0.1, 0.15) is 0 Å². The highest BCUT2D eigenvalue weighted by atomic mass is 35.5. The van der Waals surface area contributed by atoms with Crippen LogP contribution in [-0.2, 0) is 4.79 Å². The fraction of sp³-hybridized carbons (Fsp3) is 0.278. The molecule has 1 aliphatic rings. The van der Waals surface area contributed by atoms with Crippen LogP contribution in [0.2, 0.25) is 10.0 Å². The Morgan fingerprint density at radius 2 is 1.82 bits per heavy atom. The fourth-order valence-corrected chi connectivity index (χ4v) is 3.48. The predicted molar refractivity (Wildman–Crippen MR) is 91.7 cm³/mol. The summed E-state index contributed by atoms with van der Waals surface area (Å²) in [6.07, 6.45) is 2.37. The number of carbonyl (C=O) groups is 1. The van der Waals surface area contributed by atoms with E-state index in [2.05, 4.69) is 0 Å². The normalized spacial score (nSPS) is 18.6. The van der Waals surface area contributed by atoms with Crippen LogP contribution >= 0.6 is 23.2 Å². The van der Waals surface area contributed by atoms with Crippen LogP contribution in [-0.4, -0.2) is 5.91 Å². The molecule has 1 amide bonds. The van der Waals surface area contributed by atoms with Crippen molar-refractivity contribution in [3.05, 3.63) is 63.6 Å². The van der Waals surface area contributed by atoms with Crippen LogP contribution in [0.1, 0.15) is 36.4 Å². The van der Waals surface area contributed by atoms with Gasteiger partial charge in [-0.15, -0.1) is 0 Å². The van der Waals surface area contributed by atoms with E-state index < -0.39 is 0 Å². The van der Waals surface area contributed by atoms with E-state index in [0.29, 0.717) is 11.4 Å². The van der Waals surface area contributed by atoms with E-state index in [1.54, 1.807) is 0 Å². The van der Waals surface area contributed by atoms with Crippen LogP contribution in [0.3, 0.4) is 0 Å². The molecule has 0 bridgehead atoms. The maximum atomic E-state index is 12.5. The molecule has 0 aliphatic carbocycles. The minimum absolute atomic E-state index is 0.0180. The van der Waals surface area contributed by atoms with Gasteiger partial charge in [0.2, 0.25) is 5.91 Å². The molecule has 2 aromatic carbocycles. The molecule has 3 rings (SSSR count). The fourth-order valence-electron chi connectivity index (χ4n) is 2.99. The minimum atomic E-state index is -0.0180. The highest BCUT2D eigenvalue weighted by Crippen LogP contribution is 2.39. The maximum Gasteiger partial charge on any atom is 0.227 e. The van der Waals surface area contributed by atoms with Gasteiger partial charge in [-0.2, -0.15) is 0 Å². The summed E-state index contributed by atoms with van der Waals surface area (Å²) in [5, 5.41) is 1.39. The Morgan fingerprint density at radius 3 is 2.50 bits per heavy atom. The number of halogens is 2. The first-order valence-corrected chi connectivity index (χ1v) is 8.15. The molecule has 1 unspecified atom stereocenters. The van der Waals surface area contributed by atoms with Crippen LogP contribution in [0.25, 0.3) is 0 Å². The molecule has 114 valence electrons. The lowest BCUT2D eigenvalue weighted by Crippen LogP contribution is -2.38. The Balaban J connectivity index is 2.03. The average molecular weight is 334 g/mol. The van der Waals surface area contributed by atoms with E-state index in [1.165, 1.54) is 0 Å². The van der Waals surface area contributed by atoms with Crippen LogP contribution in [0, 0.1) is 6.92 Å². The third-order valence-electron chi connectivity index (χ3n) is 4.07. The lowest BCUT2D eigenvalue weighted by Gasteiger charge is -2.36. The molecule has 0 saturated carbocycles. The van der Waals surface area contributed by atoms with Gasteiger partial charge in [0, 0.05) is 22.2 Å². The van der Waals surface area contributed by atoms with Crippen LogP contribution in [0.5, 0.6) is 0 Å². The number of nitrogens with zero attached hydrogens (tertiary/aromatic N) is 1. The molecule has 0 radical (unpaired) electrons. The number of piperidine rings is 1. The molecule has 1 saturated heterocycles. The van der Waals surface area contributed by atoms with Gasteiger partial charge in [0.05, 0.1) is 6.04 Å². The van der Waals surface area contributed by atoms with Crippen molar-refractivity contribution < 1.29 is 4.79 Å². The number of hydrogen-bond acceptors (Lipinski definition) is 1. The highest BCUT2D eigenvalue weighted by molar-refractivity contribution is 6.31. The lowest BCUT2D eigenvalue weighted by molar-refractivity contribution is -0.120. The number of hydrogen-bond donors (Lipinski definition) is 0. The van der Waals surface area contributed by atoms with Gasteiger partial charge < -0.3 is 4.90 Å². The Labute approximate surface area is 140 Å². The quantitative estimate of drug-likeness (QED) is 0.704. The molecule has 1 fully saturated rings. The summed E-state index contributed by atoms with van der Waals surface area (Å²) in [5.74, 6) is 0.134.